The number of nitrogens with zero attached hydrogens (tertiary/aromatic N) is 1. The maximum absolute atomic E-state index is 13.1. The maximum Gasteiger partial charge on any atom is 0.260 e. The van der Waals surface area contributed by atoms with Gasteiger partial charge in [0.05, 0.1) is 12.3 Å². The van der Waals surface area contributed by atoms with Crippen molar-refractivity contribution in [2.75, 3.05) is 20.6 Å². The summed E-state index contributed by atoms with van der Waals surface area (Å²) in [7, 11) is 3.82. The van der Waals surface area contributed by atoms with Gasteiger partial charge in [0, 0.05) is 12.6 Å². The van der Waals surface area contributed by atoms with E-state index >= 15 is 0 Å². The van der Waals surface area contributed by atoms with E-state index in [0.29, 0.717) is 12.3 Å². The van der Waals surface area contributed by atoms with Crippen LogP contribution in [0.1, 0.15) is 18.7 Å². The molecule has 0 aliphatic carbocycles. The van der Waals surface area contributed by atoms with E-state index in [1.165, 1.54) is 18.2 Å². The number of benzene rings is 1. The smallest absolute Gasteiger partial charge is 0.260 e. The van der Waals surface area contributed by atoms with Gasteiger partial charge < -0.3 is 14.5 Å². The van der Waals surface area contributed by atoms with Crippen molar-refractivity contribution < 1.29 is 18.3 Å². The number of amides is 1. The summed E-state index contributed by atoms with van der Waals surface area (Å²) in [6.45, 7) is 2.01. The van der Waals surface area contributed by atoms with E-state index in [2.05, 4.69) is 5.32 Å². The van der Waals surface area contributed by atoms with Gasteiger partial charge >= 0.3 is 0 Å². The first-order valence-corrected chi connectivity index (χ1v) is 7.37. The molecule has 1 N–H and O–H groups in total. The van der Waals surface area contributed by atoms with Gasteiger partial charge in [0.25, 0.3) is 5.91 Å². The Morgan fingerprint density at radius 2 is 2.13 bits per heavy atom. The van der Waals surface area contributed by atoms with Gasteiger partial charge in [-0.2, -0.15) is 0 Å². The fourth-order valence-corrected chi connectivity index (χ4v) is 2.16. The molecule has 0 fully saturated rings. The van der Waals surface area contributed by atoms with E-state index in [-0.39, 0.29) is 11.9 Å². The number of carbonyl (C=O) groups is 1. The lowest BCUT2D eigenvalue weighted by Crippen LogP contribution is -2.40. The quantitative estimate of drug-likeness (QED) is 0.852. The van der Waals surface area contributed by atoms with Crippen molar-refractivity contribution in [3.63, 3.8) is 0 Å². The van der Waals surface area contributed by atoms with Crippen molar-refractivity contribution in [2.24, 2.45) is 0 Å². The highest BCUT2D eigenvalue weighted by Gasteiger charge is 2.20. The molecule has 0 radical (unpaired) electrons. The molecule has 0 unspecified atom stereocenters. The minimum absolute atomic E-state index is 0.0738. The van der Waals surface area contributed by atoms with Gasteiger partial charge in [0.2, 0.25) is 0 Å². The second-order valence-electron chi connectivity index (χ2n) is 5.46. The minimum Gasteiger partial charge on any atom is -0.481 e. The molecule has 2 atom stereocenters. The third-order valence-corrected chi connectivity index (χ3v) is 3.44. The van der Waals surface area contributed by atoms with Crippen LogP contribution in [0.15, 0.2) is 47.1 Å². The Bertz CT molecular complexity index is 629. The van der Waals surface area contributed by atoms with Crippen LogP contribution in [0, 0.1) is 5.82 Å². The van der Waals surface area contributed by atoms with Crippen LogP contribution in [0.5, 0.6) is 5.75 Å². The lowest BCUT2D eigenvalue weighted by Gasteiger charge is -2.23. The van der Waals surface area contributed by atoms with Gasteiger partial charge in [-0.15, -0.1) is 0 Å². The highest BCUT2D eigenvalue weighted by molar-refractivity contribution is 5.80. The molecule has 1 heterocycles. The first kappa shape index (κ1) is 17.0. The van der Waals surface area contributed by atoms with Crippen molar-refractivity contribution >= 4 is 5.91 Å². The zero-order valence-electron chi connectivity index (χ0n) is 13.5. The summed E-state index contributed by atoms with van der Waals surface area (Å²) in [6.07, 6.45) is 0.875. The summed E-state index contributed by atoms with van der Waals surface area (Å²) in [5, 5.41) is 2.83. The standard InChI is InChI=1S/C17H21FN2O3/c1-12(23-14-7-4-6-13(18)10-14)17(21)19-11-15(20(2)3)16-8-5-9-22-16/h4-10,12,15H,11H2,1-3H3,(H,19,21)/t12-,15-/m0/s1. The lowest BCUT2D eigenvalue weighted by molar-refractivity contribution is -0.127. The van der Waals surface area contributed by atoms with Gasteiger partial charge in [0.15, 0.2) is 6.10 Å². The summed E-state index contributed by atoms with van der Waals surface area (Å²) in [6, 6.07) is 9.31. The topological polar surface area (TPSA) is 54.7 Å². The number of furan rings is 1. The summed E-state index contributed by atoms with van der Waals surface area (Å²) in [5.41, 5.74) is 0. The van der Waals surface area contributed by atoms with Crippen molar-refractivity contribution in [1.82, 2.24) is 10.2 Å². The van der Waals surface area contributed by atoms with Gasteiger partial charge in [0.1, 0.15) is 17.3 Å². The minimum atomic E-state index is -0.726. The molecule has 0 aliphatic rings. The molecular formula is C17H21FN2O3. The van der Waals surface area contributed by atoms with Crippen molar-refractivity contribution in [2.45, 2.75) is 19.1 Å². The summed E-state index contributed by atoms with van der Waals surface area (Å²) in [5.74, 6) is 0.421. The average Bonchev–Trinajstić information content (AvgIpc) is 3.01. The number of hydrogen-bond acceptors (Lipinski definition) is 4. The van der Waals surface area contributed by atoms with Crippen LogP contribution in [0.3, 0.4) is 0 Å². The molecule has 0 spiro atoms. The van der Waals surface area contributed by atoms with E-state index in [1.54, 1.807) is 19.3 Å². The Morgan fingerprint density at radius 1 is 1.35 bits per heavy atom. The predicted octanol–water partition coefficient (Wildman–Crippen LogP) is 2.61. The van der Waals surface area contributed by atoms with Crippen LogP contribution in [-0.4, -0.2) is 37.6 Å². The molecule has 124 valence electrons. The van der Waals surface area contributed by atoms with Crippen LogP contribution < -0.4 is 10.1 Å². The molecule has 6 heteroatoms. The van der Waals surface area contributed by atoms with E-state index < -0.39 is 11.9 Å². The van der Waals surface area contributed by atoms with Crippen LogP contribution >= 0.6 is 0 Å². The molecular weight excluding hydrogens is 299 g/mol. The van der Waals surface area contributed by atoms with Crippen LogP contribution in [0.4, 0.5) is 4.39 Å². The second kappa shape index (κ2) is 7.78. The monoisotopic (exact) mass is 320 g/mol. The van der Waals surface area contributed by atoms with Gasteiger partial charge in [-0.05, 0) is 45.3 Å². The maximum atomic E-state index is 13.1. The first-order valence-electron chi connectivity index (χ1n) is 7.37. The Kier molecular flexibility index (Phi) is 5.76. The van der Waals surface area contributed by atoms with Crippen molar-refractivity contribution in [1.29, 1.82) is 0 Å². The lowest BCUT2D eigenvalue weighted by atomic mass is 10.2. The molecule has 23 heavy (non-hydrogen) atoms. The summed E-state index contributed by atoms with van der Waals surface area (Å²) < 4.78 is 24.0. The van der Waals surface area contributed by atoms with E-state index in [9.17, 15) is 9.18 Å². The van der Waals surface area contributed by atoms with Crippen LogP contribution in [-0.2, 0) is 4.79 Å². The Balaban J connectivity index is 1.90. The molecule has 2 rings (SSSR count). The molecule has 0 saturated heterocycles. The normalized spacial score (nSPS) is 13.6. The highest BCUT2D eigenvalue weighted by Crippen LogP contribution is 2.18. The molecule has 1 aromatic heterocycles. The number of ether oxygens (including phenoxy) is 1. The van der Waals surface area contributed by atoms with E-state index in [1.807, 2.05) is 31.1 Å². The van der Waals surface area contributed by atoms with Crippen molar-refractivity contribution in [3.8, 4) is 5.75 Å². The molecule has 5 nitrogen and oxygen atoms in total. The van der Waals surface area contributed by atoms with Crippen LogP contribution in [0.2, 0.25) is 0 Å². The summed E-state index contributed by atoms with van der Waals surface area (Å²) >= 11 is 0. The van der Waals surface area contributed by atoms with E-state index in [4.69, 9.17) is 9.15 Å². The van der Waals surface area contributed by atoms with E-state index in [0.717, 1.165) is 5.76 Å². The number of nitrogens with one attached hydrogen (secondary N) is 1. The SMILES string of the molecule is C[C@H](Oc1cccc(F)c1)C(=O)NC[C@@H](c1ccco1)N(C)C. The molecule has 0 saturated carbocycles. The highest BCUT2D eigenvalue weighted by atomic mass is 19.1. The number of carbonyl (C=O) groups excluding carboxylic acids is 1. The third-order valence-electron chi connectivity index (χ3n) is 3.44. The zero-order valence-corrected chi connectivity index (χ0v) is 13.5. The molecule has 0 aliphatic heterocycles. The van der Waals surface area contributed by atoms with Gasteiger partial charge in [-0.25, -0.2) is 4.39 Å². The second-order valence-corrected chi connectivity index (χ2v) is 5.46. The van der Waals surface area contributed by atoms with Gasteiger partial charge in [-0.1, -0.05) is 6.07 Å². The number of halogens is 1. The van der Waals surface area contributed by atoms with Crippen molar-refractivity contribution in [3.05, 3.63) is 54.2 Å². The molecule has 2 aromatic rings. The van der Waals surface area contributed by atoms with Crippen LogP contribution in [0.25, 0.3) is 0 Å². The Labute approximate surface area is 135 Å². The average molecular weight is 320 g/mol. The number of likely N-dealkylation sites (N-methyl/N-ethyl adjacent to an activating group) is 1. The molecule has 0 bridgehead atoms. The third kappa shape index (κ3) is 4.82. The molecule has 1 amide bonds. The molecule has 1 aromatic carbocycles. The zero-order chi connectivity index (χ0) is 16.8. The fourth-order valence-electron chi connectivity index (χ4n) is 2.16. The fraction of sp³-hybridized carbons (Fsp3) is 0.353. The first-order chi connectivity index (χ1) is 11.0. The number of hydrogen-bond donors (Lipinski definition) is 1. The Hall–Kier alpha value is -2.34. The number of rotatable bonds is 7. The van der Waals surface area contributed by atoms with Gasteiger partial charge in [-0.3, -0.25) is 9.69 Å². The summed E-state index contributed by atoms with van der Waals surface area (Å²) in [4.78, 5) is 14.1. The predicted molar refractivity (Wildman–Crippen MR) is 84.6 cm³/mol. The Morgan fingerprint density at radius 3 is 2.74 bits per heavy atom. The largest absolute Gasteiger partial charge is 0.481 e.